The summed E-state index contributed by atoms with van der Waals surface area (Å²) in [5.41, 5.74) is 5.60. The van der Waals surface area contributed by atoms with Gasteiger partial charge in [-0.1, -0.05) is 109 Å². The number of rotatable bonds is 9. The summed E-state index contributed by atoms with van der Waals surface area (Å²) >= 11 is 0. The highest BCUT2D eigenvalue weighted by atomic mass is 16.4. The Morgan fingerprint density at radius 2 is 0.630 bits per heavy atom. The van der Waals surface area contributed by atoms with Crippen LogP contribution in [-0.4, -0.2) is 33.2 Å². The lowest BCUT2D eigenvalue weighted by molar-refractivity contribution is 0.0686. The van der Waals surface area contributed by atoms with Crippen molar-refractivity contribution in [3.05, 3.63) is 162 Å². The molecule has 0 saturated carbocycles. The summed E-state index contributed by atoms with van der Waals surface area (Å²) in [6.07, 6.45) is 0. The Kier molecular flexibility index (Phi) is 8.13. The maximum atomic E-state index is 12.4. The summed E-state index contributed by atoms with van der Waals surface area (Å²) in [6.45, 7) is 0. The average Bonchev–Trinajstić information content (AvgIpc) is 3.09. The van der Waals surface area contributed by atoms with Crippen molar-refractivity contribution in [2.24, 2.45) is 0 Å². The number of aromatic carboxylic acids is 3. The van der Waals surface area contributed by atoms with Crippen molar-refractivity contribution in [3.63, 3.8) is 0 Å². The number of carbonyl (C=O) groups is 3. The first kappa shape index (κ1) is 29.6. The monoisotopic (exact) mass is 605 g/mol. The van der Waals surface area contributed by atoms with Gasteiger partial charge in [0, 0.05) is 16.7 Å². The molecule has 0 heterocycles. The van der Waals surface area contributed by atoms with Crippen LogP contribution in [0.3, 0.4) is 0 Å². The second kappa shape index (κ2) is 12.6. The lowest BCUT2D eigenvalue weighted by Crippen LogP contribution is -2.16. The number of anilines is 3. The van der Waals surface area contributed by atoms with Gasteiger partial charge in [0.15, 0.2) is 0 Å². The molecule has 6 rings (SSSR count). The van der Waals surface area contributed by atoms with Crippen LogP contribution in [0.4, 0.5) is 17.1 Å². The molecule has 224 valence electrons. The third-order valence-electron chi connectivity index (χ3n) is 7.71. The molecular formula is C39H27NO6. The smallest absolute Gasteiger partial charge is 0.335 e. The first-order valence-corrected chi connectivity index (χ1v) is 14.4. The molecule has 0 aromatic heterocycles. The van der Waals surface area contributed by atoms with E-state index in [0.29, 0.717) is 33.8 Å². The number of hydrogen-bond donors (Lipinski definition) is 3. The fourth-order valence-corrected chi connectivity index (χ4v) is 5.52. The van der Waals surface area contributed by atoms with Crippen molar-refractivity contribution in [1.29, 1.82) is 0 Å². The molecule has 0 unspecified atom stereocenters. The Bertz CT molecular complexity index is 1840. The predicted molar refractivity (Wildman–Crippen MR) is 178 cm³/mol. The predicted octanol–water partition coefficient (Wildman–Crippen LogP) is 9.25. The molecule has 0 radical (unpaired) electrons. The largest absolute Gasteiger partial charge is 0.478 e. The van der Waals surface area contributed by atoms with Crippen LogP contribution in [-0.2, 0) is 0 Å². The van der Waals surface area contributed by atoms with Crippen LogP contribution in [0, 0.1) is 0 Å². The van der Waals surface area contributed by atoms with Crippen molar-refractivity contribution in [1.82, 2.24) is 0 Å². The summed E-state index contributed by atoms with van der Waals surface area (Å²) in [7, 11) is 0. The van der Waals surface area contributed by atoms with Gasteiger partial charge >= 0.3 is 17.9 Å². The zero-order valence-electron chi connectivity index (χ0n) is 24.4. The topological polar surface area (TPSA) is 115 Å². The molecule has 6 aromatic carbocycles. The fourth-order valence-electron chi connectivity index (χ4n) is 5.52. The standard InChI is InChI=1S/C39H27NO6/c41-37(42)28-16-19-31(25-10-4-1-5-11-25)34(22-28)40(35-23-29(38(43)44)17-20-32(35)26-12-6-2-7-13-26)36-24-30(39(45)46)18-21-33(36)27-14-8-3-9-15-27/h1-24H,(H,41,42)(H,43,44)(H,45,46). The van der Waals surface area contributed by atoms with Gasteiger partial charge in [-0.05, 0) is 53.1 Å². The molecule has 0 atom stereocenters. The second-order valence-corrected chi connectivity index (χ2v) is 10.5. The minimum atomic E-state index is -1.15. The molecule has 0 fully saturated rings. The summed E-state index contributed by atoms with van der Waals surface area (Å²) in [5, 5.41) is 30.4. The third kappa shape index (κ3) is 5.85. The summed E-state index contributed by atoms with van der Waals surface area (Å²) in [6, 6.07) is 42.5. The van der Waals surface area contributed by atoms with Crippen LogP contribution in [0.5, 0.6) is 0 Å². The minimum Gasteiger partial charge on any atom is -0.478 e. The van der Waals surface area contributed by atoms with Crippen LogP contribution in [0.2, 0.25) is 0 Å². The van der Waals surface area contributed by atoms with Gasteiger partial charge in [-0.2, -0.15) is 0 Å². The van der Waals surface area contributed by atoms with Crippen molar-refractivity contribution in [3.8, 4) is 33.4 Å². The Hall–Kier alpha value is -6.47. The maximum absolute atomic E-state index is 12.4. The molecule has 6 aromatic rings. The molecule has 0 bridgehead atoms. The lowest BCUT2D eigenvalue weighted by Gasteiger charge is -2.32. The molecule has 0 aliphatic rings. The van der Waals surface area contributed by atoms with E-state index in [2.05, 4.69) is 0 Å². The Morgan fingerprint density at radius 3 is 0.870 bits per heavy atom. The van der Waals surface area contributed by atoms with Crippen molar-refractivity contribution in [2.75, 3.05) is 4.90 Å². The van der Waals surface area contributed by atoms with Gasteiger partial charge in [0.2, 0.25) is 0 Å². The SMILES string of the molecule is O=C(O)c1ccc(-c2ccccc2)c(N(c2cc(C(=O)O)ccc2-c2ccccc2)c2cc(C(=O)O)ccc2-c2ccccc2)c1. The molecule has 0 spiro atoms. The molecule has 7 nitrogen and oxygen atoms in total. The molecule has 0 amide bonds. The van der Waals surface area contributed by atoms with Crippen molar-refractivity contribution < 1.29 is 29.7 Å². The number of carboxylic acids is 3. The second-order valence-electron chi connectivity index (χ2n) is 10.5. The maximum Gasteiger partial charge on any atom is 0.335 e. The van der Waals surface area contributed by atoms with Gasteiger partial charge < -0.3 is 20.2 Å². The zero-order valence-corrected chi connectivity index (χ0v) is 24.4. The van der Waals surface area contributed by atoms with Gasteiger partial charge in [0.1, 0.15) is 0 Å². The van der Waals surface area contributed by atoms with Crippen molar-refractivity contribution >= 4 is 35.0 Å². The molecule has 46 heavy (non-hydrogen) atoms. The third-order valence-corrected chi connectivity index (χ3v) is 7.71. The summed E-state index contributed by atoms with van der Waals surface area (Å²) in [5.74, 6) is -3.44. The highest BCUT2D eigenvalue weighted by Crippen LogP contribution is 2.48. The fraction of sp³-hybridized carbons (Fsp3) is 0. The van der Waals surface area contributed by atoms with Crippen LogP contribution in [0.1, 0.15) is 31.1 Å². The molecule has 0 aliphatic carbocycles. The van der Waals surface area contributed by atoms with Gasteiger partial charge in [-0.15, -0.1) is 0 Å². The van der Waals surface area contributed by atoms with Gasteiger partial charge in [0.25, 0.3) is 0 Å². The molecule has 0 saturated heterocycles. The number of nitrogens with zero attached hydrogens (tertiary/aromatic N) is 1. The quantitative estimate of drug-likeness (QED) is 0.150. The summed E-state index contributed by atoms with van der Waals surface area (Å²) in [4.78, 5) is 38.9. The van der Waals surface area contributed by atoms with Crippen LogP contribution in [0.25, 0.3) is 33.4 Å². The van der Waals surface area contributed by atoms with E-state index >= 15 is 0 Å². The van der Waals surface area contributed by atoms with E-state index in [1.54, 1.807) is 23.1 Å². The number of carboxylic acid groups (broad SMARTS) is 3. The van der Waals surface area contributed by atoms with Gasteiger partial charge in [-0.25, -0.2) is 14.4 Å². The number of hydrogen-bond acceptors (Lipinski definition) is 4. The first-order valence-electron chi connectivity index (χ1n) is 14.4. The molecule has 7 heteroatoms. The zero-order chi connectivity index (χ0) is 32.2. The van der Waals surface area contributed by atoms with E-state index in [0.717, 1.165) is 16.7 Å². The van der Waals surface area contributed by atoms with E-state index in [4.69, 9.17) is 0 Å². The number of benzene rings is 6. The van der Waals surface area contributed by atoms with Crippen LogP contribution >= 0.6 is 0 Å². The van der Waals surface area contributed by atoms with Gasteiger partial charge in [0.05, 0.1) is 33.8 Å². The van der Waals surface area contributed by atoms with Gasteiger partial charge in [-0.3, -0.25) is 0 Å². The van der Waals surface area contributed by atoms with E-state index < -0.39 is 17.9 Å². The van der Waals surface area contributed by atoms with E-state index in [1.165, 1.54) is 36.4 Å². The average molecular weight is 606 g/mol. The first-order chi connectivity index (χ1) is 22.3. The van der Waals surface area contributed by atoms with E-state index in [1.807, 2.05) is 91.0 Å². The Morgan fingerprint density at radius 1 is 0.370 bits per heavy atom. The van der Waals surface area contributed by atoms with E-state index in [-0.39, 0.29) is 16.7 Å². The van der Waals surface area contributed by atoms with Crippen LogP contribution < -0.4 is 4.90 Å². The Balaban J connectivity index is 1.80. The molecule has 0 aliphatic heterocycles. The van der Waals surface area contributed by atoms with Crippen molar-refractivity contribution in [2.45, 2.75) is 0 Å². The highest BCUT2D eigenvalue weighted by molar-refractivity contribution is 6.03. The highest BCUT2D eigenvalue weighted by Gasteiger charge is 2.26. The Labute approximate surface area is 264 Å². The minimum absolute atomic E-state index is 0.00554. The summed E-state index contributed by atoms with van der Waals surface area (Å²) < 4.78 is 0. The lowest BCUT2D eigenvalue weighted by atomic mass is 9.94. The molecular weight excluding hydrogens is 578 g/mol. The molecule has 3 N–H and O–H groups in total. The van der Waals surface area contributed by atoms with E-state index in [9.17, 15) is 29.7 Å². The van der Waals surface area contributed by atoms with Crippen LogP contribution in [0.15, 0.2) is 146 Å². The normalized spacial score (nSPS) is 10.7.